The number of carbonyl (C=O) groups is 1. The summed E-state index contributed by atoms with van der Waals surface area (Å²) in [6, 6.07) is 5.46. The number of nitrogens with zero attached hydrogens (tertiary/aromatic N) is 1. The number of alkyl halides is 3. The van der Waals surface area contributed by atoms with Crippen LogP contribution in [0.25, 0.3) is 0 Å². The molecule has 0 aliphatic heterocycles. The van der Waals surface area contributed by atoms with E-state index in [0.717, 1.165) is 12.1 Å². The minimum absolute atomic E-state index is 0.0508. The van der Waals surface area contributed by atoms with Gasteiger partial charge in [-0.25, -0.2) is 0 Å². The Morgan fingerprint density at radius 2 is 1.83 bits per heavy atom. The molecule has 18 heavy (non-hydrogen) atoms. The highest BCUT2D eigenvalue weighted by molar-refractivity contribution is 6.02. The zero-order valence-electron chi connectivity index (χ0n) is 8.86. The fourth-order valence-electron chi connectivity index (χ4n) is 1.27. The summed E-state index contributed by atoms with van der Waals surface area (Å²) in [5.74, 6) is -0.552. The van der Waals surface area contributed by atoms with Crippen molar-refractivity contribution in [3.05, 3.63) is 47.9 Å². The Kier molecular flexibility index (Phi) is 3.05. The van der Waals surface area contributed by atoms with Gasteiger partial charge in [-0.05, 0) is 24.3 Å². The highest BCUT2D eigenvalue weighted by Crippen LogP contribution is 2.29. The summed E-state index contributed by atoms with van der Waals surface area (Å²) in [6.45, 7) is 0. The molecule has 0 fully saturated rings. The highest BCUT2D eigenvalue weighted by Gasteiger charge is 2.29. The normalized spacial score (nSPS) is 11.3. The van der Waals surface area contributed by atoms with E-state index in [0.29, 0.717) is 0 Å². The van der Waals surface area contributed by atoms with E-state index < -0.39 is 17.6 Å². The molecule has 1 N–H and O–H groups in total. The van der Waals surface area contributed by atoms with Gasteiger partial charge < -0.3 is 9.84 Å². The topological polar surface area (TPSA) is 55.1 Å². The minimum atomic E-state index is -4.39. The maximum atomic E-state index is 12.3. The maximum Gasteiger partial charge on any atom is 0.416 e. The Balaban J connectivity index is 2.09. The number of halogens is 3. The van der Waals surface area contributed by atoms with Crippen LogP contribution < -0.4 is 5.32 Å². The summed E-state index contributed by atoms with van der Waals surface area (Å²) < 4.78 is 41.4. The van der Waals surface area contributed by atoms with Crippen LogP contribution in [0.5, 0.6) is 0 Å². The van der Waals surface area contributed by atoms with Crippen molar-refractivity contribution in [3.8, 4) is 0 Å². The van der Waals surface area contributed by atoms with Crippen molar-refractivity contribution >= 4 is 11.6 Å². The first-order valence-corrected chi connectivity index (χ1v) is 4.86. The Morgan fingerprint density at radius 1 is 1.17 bits per heavy atom. The van der Waals surface area contributed by atoms with Crippen LogP contribution in [0.4, 0.5) is 18.9 Å². The molecule has 0 aliphatic rings. The summed E-state index contributed by atoms with van der Waals surface area (Å²) in [4.78, 5) is 11.5. The zero-order valence-corrected chi connectivity index (χ0v) is 8.86. The van der Waals surface area contributed by atoms with Crippen molar-refractivity contribution in [3.63, 3.8) is 0 Å². The number of benzene rings is 1. The molecular weight excluding hydrogens is 249 g/mol. The van der Waals surface area contributed by atoms with Crippen LogP contribution in [-0.2, 0) is 6.18 Å². The average Bonchev–Trinajstić information content (AvgIpc) is 2.82. The van der Waals surface area contributed by atoms with Crippen LogP contribution in [0.15, 0.2) is 41.1 Å². The molecule has 0 atom stereocenters. The lowest BCUT2D eigenvalue weighted by atomic mass is 10.2. The molecule has 0 spiro atoms. The third-order valence-corrected chi connectivity index (χ3v) is 2.14. The molecular formula is C11H7F3N2O2. The van der Waals surface area contributed by atoms with Crippen molar-refractivity contribution in [2.45, 2.75) is 6.18 Å². The van der Waals surface area contributed by atoms with E-state index in [-0.39, 0.29) is 11.4 Å². The highest BCUT2D eigenvalue weighted by atomic mass is 19.4. The van der Waals surface area contributed by atoms with Gasteiger partial charge in [0.1, 0.15) is 6.26 Å². The van der Waals surface area contributed by atoms with Gasteiger partial charge in [0.2, 0.25) is 0 Å². The van der Waals surface area contributed by atoms with Crippen molar-refractivity contribution in [2.75, 3.05) is 5.32 Å². The molecule has 4 nitrogen and oxygen atoms in total. The second-order valence-corrected chi connectivity index (χ2v) is 3.41. The molecule has 0 bridgehead atoms. The van der Waals surface area contributed by atoms with Crippen LogP contribution in [0.1, 0.15) is 16.1 Å². The third-order valence-electron chi connectivity index (χ3n) is 2.14. The van der Waals surface area contributed by atoms with Gasteiger partial charge in [-0.2, -0.15) is 13.2 Å². The Morgan fingerprint density at radius 3 is 2.33 bits per heavy atom. The molecule has 1 aromatic carbocycles. The van der Waals surface area contributed by atoms with Crippen LogP contribution in [-0.4, -0.2) is 11.1 Å². The van der Waals surface area contributed by atoms with Gasteiger partial charge in [0.05, 0.1) is 5.56 Å². The molecule has 0 radical (unpaired) electrons. The standard InChI is InChI=1S/C11H7F3N2O2/c12-11(13,14)7-1-3-8(4-2-7)15-10(17)9-5-6-18-16-9/h1-6H,(H,15,17). The van der Waals surface area contributed by atoms with Gasteiger partial charge in [-0.3, -0.25) is 4.79 Å². The number of carbonyl (C=O) groups excluding carboxylic acids is 1. The van der Waals surface area contributed by atoms with Crippen molar-refractivity contribution in [1.82, 2.24) is 5.16 Å². The molecule has 1 amide bonds. The molecule has 0 saturated heterocycles. The molecule has 0 saturated carbocycles. The largest absolute Gasteiger partial charge is 0.416 e. The van der Waals surface area contributed by atoms with E-state index in [9.17, 15) is 18.0 Å². The molecule has 0 aliphatic carbocycles. The summed E-state index contributed by atoms with van der Waals surface area (Å²) >= 11 is 0. The third kappa shape index (κ3) is 2.68. The van der Waals surface area contributed by atoms with Crippen molar-refractivity contribution in [2.24, 2.45) is 0 Å². The lowest BCUT2D eigenvalue weighted by molar-refractivity contribution is -0.137. The number of aromatic nitrogens is 1. The number of hydrogen-bond acceptors (Lipinski definition) is 3. The van der Waals surface area contributed by atoms with E-state index in [2.05, 4.69) is 15.0 Å². The second-order valence-electron chi connectivity index (χ2n) is 3.41. The minimum Gasteiger partial charge on any atom is -0.364 e. The van der Waals surface area contributed by atoms with E-state index in [1.165, 1.54) is 24.5 Å². The SMILES string of the molecule is O=C(Nc1ccc(C(F)(F)F)cc1)c1ccon1. The number of anilines is 1. The zero-order chi connectivity index (χ0) is 13.2. The van der Waals surface area contributed by atoms with Gasteiger partial charge in [0, 0.05) is 11.8 Å². The van der Waals surface area contributed by atoms with Crippen LogP contribution in [0.2, 0.25) is 0 Å². The van der Waals surface area contributed by atoms with Crippen molar-refractivity contribution < 1.29 is 22.5 Å². The Bertz CT molecular complexity index is 532. The predicted molar refractivity (Wildman–Crippen MR) is 55.9 cm³/mol. The number of rotatable bonds is 2. The van der Waals surface area contributed by atoms with Gasteiger partial charge in [-0.15, -0.1) is 0 Å². The van der Waals surface area contributed by atoms with Gasteiger partial charge >= 0.3 is 6.18 Å². The fraction of sp³-hybridized carbons (Fsp3) is 0.0909. The fourth-order valence-corrected chi connectivity index (χ4v) is 1.27. The number of hydrogen-bond donors (Lipinski definition) is 1. The lowest BCUT2D eigenvalue weighted by Gasteiger charge is -2.07. The van der Waals surface area contributed by atoms with Gasteiger partial charge in [-0.1, -0.05) is 5.16 Å². The van der Waals surface area contributed by atoms with E-state index in [1.54, 1.807) is 0 Å². The Hall–Kier alpha value is -2.31. The molecule has 2 aromatic rings. The number of amides is 1. The van der Waals surface area contributed by atoms with Crippen LogP contribution >= 0.6 is 0 Å². The first-order chi connectivity index (χ1) is 8.47. The summed E-state index contributed by atoms with van der Waals surface area (Å²) in [7, 11) is 0. The number of nitrogens with one attached hydrogen (secondary N) is 1. The molecule has 94 valence electrons. The van der Waals surface area contributed by atoms with Crippen LogP contribution in [0.3, 0.4) is 0 Å². The van der Waals surface area contributed by atoms with Crippen molar-refractivity contribution in [1.29, 1.82) is 0 Å². The van der Waals surface area contributed by atoms with E-state index in [4.69, 9.17) is 0 Å². The smallest absolute Gasteiger partial charge is 0.364 e. The maximum absolute atomic E-state index is 12.3. The summed E-state index contributed by atoms with van der Waals surface area (Å²) in [6.07, 6.45) is -3.17. The lowest BCUT2D eigenvalue weighted by Crippen LogP contribution is -2.12. The first kappa shape index (κ1) is 12.2. The molecule has 7 heteroatoms. The van der Waals surface area contributed by atoms with Crippen LogP contribution in [0, 0.1) is 0 Å². The van der Waals surface area contributed by atoms with E-state index >= 15 is 0 Å². The molecule has 1 heterocycles. The van der Waals surface area contributed by atoms with Gasteiger partial charge in [0.15, 0.2) is 5.69 Å². The molecule has 1 aromatic heterocycles. The summed E-state index contributed by atoms with van der Waals surface area (Å²) in [5, 5.41) is 5.80. The average molecular weight is 256 g/mol. The van der Waals surface area contributed by atoms with Gasteiger partial charge in [0.25, 0.3) is 5.91 Å². The first-order valence-electron chi connectivity index (χ1n) is 4.86. The summed E-state index contributed by atoms with van der Waals surface area (Å²) in [5.41, 5.74) is -0.479. The Labute approximate surface area is 99.4 Å². The quantitative estimate of drug-likeness (QED) is 0.898. The second kappa shape index (κ2) is 4.52. The molecule has 0 unspecified atom stereocenters. The monoisotopic (exact) mass is 256 g/mol. The molecule has 2 rings (SSSR count). The van der Waals surface area contributed by atoms with E-state index in [1.807, 2.05) is 0 Å². The predicted octanol–water partition coefficient (Wildman–Crippen LogP) is 2.95.